The molecule has 0 spiro atoms. The quantitative estimate of drug-likeness (QED) is 0.541. The zero-order valence-corrected chi connectivity index (χ0v) is 15.4. The second kappa shape index (κ2) is 7.54. The van der Waals surface area contributed by atoms with Gasteiger partial charge in [-0.15, -0.1) is 12.4 Å². The molecule has 0 saturated carbocycles. The Morgan fingerprint density at radius 3 is 2.73 bits per heavy atom. The molecule has 2 aromatic carbocycles. The summed E-state index contributed by atoms with van der Waals surface area (Å²) in [6.45, 7) is 2.63. The molecule has 5 nitrogen and oxygen atoms in total. The SMILES string of the molecule is COc1cc(-c2cnnc(Cn3ccnc3C)c2)c2ccccc2c1.Cl. The van der Waals surface area contributed by atoms with Gasteiger partial charge in [0.1, 0.15) is 11.6 Å². The van der Waals surface area contributed by atoms with Gasteiger partial charge in [0.05, 0.1) is 25.5 Å². The lowest BCUT2D eigenvalue weighted by molar-refractivity contribution is 0.415. The van der Waals surface area contributed by atoms with Crippen LogP contribution in [0.4, 0.5) is 0 Å². The maximum Gasteiger partial charge on any atom is 0.120 e. The van der Waals surface area contributed by atoms with E-state index >= 15 is 0 Å². The Kier molecular flexibility index (Phi) is 5.19. The van der Waals surface area contributed by atoms with E-state index in [2.05, 4.69) is 37.9 Å². The van der Waals surface area contributed by atoms with Crippen LogP contribution in [0, 0.1) is 6.92 Å². The third kappa shape index (κ3) is 3.39. The maximum absolute atomic E-state index is 5.47. The number of methoxy groups -OCH3 is 1. The van der Waals surface area contributed by atoms with Crippen molar-refractivity contribution in [1.82, 2.24) is 19.7 Å². The minimum Gasteiger partial charge on any atom is -0.497 e. The van der Waals surface area contributed by atoms with Gasteiger partial charge in [-0.1, -0.05) is 24.3 Å². The van der Waals surface area contributed by atoms with Crippen molar-refractivity contribution in [1.29, 1.82) is 0 Å². The van der Waals surface area contributed by atoms with Crippen molar-refractivity contribution in [3.8, 4) is 16.9 Å². The van der Waals surface area contributed by atoms with Gasteiger partial charge in [0.25, 0.3) is 0 Å². The topological polar surface area (TPSA) is 52.8 Å². The fourth-order valence-corrected chi connectivity index (χ4v) is 3.02. The highest BCUT2D eigenvalue weighted by Gasteiger charge is 2.09. The number of hydrogen-bond acceptors (Lipinski definition) is 4. The van der Waals surface area contributed by atoms with Crippen molar-refractivity contribution in [2.45, 2.75) is 13.5 Å². The molecule has 0 saturated heterocycles. The third-order valence-corrected chi connectivity index (χ3v) is 4.34. The highest BCUT2D eigenvalue weighted by molar-refractivity contribution is 5.97. The van der Waals surface area contributed by atoms with Crippen LogP contribution in [0.3, 0.4) is 0 Å². The molecule has 0 aliphatic heterocycles. The number of rotatable bonds is 4. The molecular weight excluding hydrogens is 348 g/mol. The summed E-state index contributed by atoms with van der Waals surface area (Å²) >= 11 is 0. The van der Waals surface area contributed by atoms with Crippen LogP contribution in [0.25, 0.3) is 21.9 Å². The normalized spacial score (nSPS) is 10.5. The summed E-state index contributed by atoms with van der Waals surface area (Å²) in [5, 5.41) is 10.8. The summed E-state index contributed by atoms with van der Waals surface area (Å²) < 4.78 is 7.52. The molecule has 26 heavy (non-hydrogen) atoms. The first-order valence-electron chi connectivity index (χ1n) is 8.11. The highest BCUT2D eigenvalue weighted by Crippen LogP contribution is 2.32. The minimum atomic E-state index is 0. The van der Waals surface area contributed by atoms with Crippen molar-refractivity contribution in [3.63, 3.8) is 0 Å². The van der Waals surface area contributed by atoms with Gasteiger partial charge < -0.3 is 9.30 Å². The summed E-state index contributed by atoms with van der Waals surface area (Å²) in [7, 11) is 1.69. The first-order valence-corrected chi connectivity index (χ1v) is 8.11. The number of fused-ring (bicyclic) bond motifs is 1. The van der Waals surface area contributed by atoms with Crippen LogP contribution < -0.4 is 4.74 Å². The van der Waals surface area contributed by atoms with Gasteiger partial charge >= 0.3 is 0 Å². The Balaban J connectivity index is 0.00000196. The lowest BCUT2D eigenvalue weighted by Crippen LogP contribution is -2.04. The highest BCUT2D eigenvalue weighted by atomic mass is 35.5. The van der Waals surface area contributed by atoms with E-state index < -0.39 is 0 Å². The van der Waals surface area contributed by atoms with Gasteiger partial charge in [0.15, 0.2) is 0 Å². The molecule has 0 unspecified atom stereocenters. The molecule has 0 radical (unpaired) electrons. The molecule has 2 heterocycles. The molecule has 4 aromatic rings. The molecule has 0 N–H and O–H groups in total. The van der Waals surface area contributed by atoms with E-state index in [-0.39, 0.29) is 12.4 Å². The Hall–Kier alpha value is -2.92. The Bertz CT molecular complexity index is 1040. The first-order chi connectivity index (χ1) is 12.2. The maximum atomic E-state index is 5.47. The fourth-order valence-electron chi connectivity index (χ4n) is 3.02. The smallest absolute Gasteiger partial charge is 0.120 e. The van der Waals surface area contributed by atoms with Gasteiger partial charge in [-0.3, -0.25) is 0 Å². The van der Waals surface area contributed by atoms with E-state index in [4.69, 9.17) is 4.74 Å². The van der Waals surface area contributed by atoms with E-state index in [1.807, 2.05) is 37.4 Å². The van der Waals surface area contributed by atoms with E-state index in [0.29, 0.717) is 6.54 Å². The Labute approximate surface area is 158 Å². The van der Waals surface area contributed by atoms with Crippen LogP contribution in [-0.4, -0.2) is 26.9 Å². The molecule has 0 bridgehead atoms. The van der Waals surface area contributed by atoms with E-state index in [1.165, 1.54) is 5.39 Å². The minimum absolute atomic E-state index is 0. The first kappa shape index (κ1) is 17.9. The van der Waals surface area contributed by atoms with Crippen LogP contribution in [-0.2, 0) is 6.54 Å². The van der Waals surface area contributed by atoms with Crippen LogP contribution >= 0.6 is 12.4 Å². The van der Waals surface area contributed by atoms with Gasteiger partial charge in [-0.2, -0.15) is 10.2 Å². The molecule has 0 atom stereocenters. The van der Waals surface area contributed by atoms with Gasteiger partial charge in [-0.05, 0) is 41.5 Å². The van der Waals surface area contributed by atoms with Gasteiger partial charge in [0, 0.05) is 18.0 Å². The molecule has 6 heteroatoms. The summed E-state index contributed by atoms with van der Waals surface area (Å²) in [4.78, 5) is 4.26. The summed E-state index contributed by atoms with van der Waals surface area (Å²) in [5.41, 5.74) is 3.01. The number of nitrogens with zero attached hydrogens (tertiary/aromatic N) is 4. The molecule has 0 aliphatic carbocycles. The number of aromatic nitrogens is 4. The summed E-state index contributed by atoms with van der Waals surface area (Å²) in [6, 6.07) is 14.4. The predicted molar refractivity (Wildman–Crippen MR) is 105 cm³/mol. The van der Waals surface area contributed by atoms with Crippen LogP contribution in [0.5, 0.6) is 5.75 Å². The molecular formula is C20H19ClN4O. The van der Waals surface area contributed by atoms with E-state index in [1.54, 1.807) is 19.5 Å². The standard InChI is InChI=1S/C20H18N4O.ClH/c1-14-21-7-8-24(14)13-17-9-16(12-22-23-17)20-11-18(25-2)10-15-5-3-4-6-19(15)20;/h3-12H,13H2,1-2H3;1H. The summed E-state index contributed by atoms with van der Waals surface area (Å²) in [5.74, 6) is 1.79. The summed E-state index contributed by atoms with van der Waals surface area (Å²) in [6.07, 6.45) is 5.54. The van der Waals surface area contributed by atoms with Gasteiger partial charge in [0.2, 0.25) is 0 Å². The average Bonchev–Trinajstić information content (AvgIpc) is 3.05. The lowest BCUT2D eigenvalue weighted by atomic mass is 9.99. The van der Waals surface area contributed by atoms with Crippen molar-refractivity contribution >= 4 is 23.2 Å². The van der Waals surface area contributed by atoms with Gasteiger partial charge in [-0.25, -0.2) is 4.98 Å². The second-order valence-corrected chi connectivity index (χ2v) is 5.93. The van der Waals surface area contributed by atoms with E-state index in [0.717, 1.165) is 33.8 Å². The van der Waals surface area contributed by atoms with Crippen LogP contribution in [0.2, 0.25) is 0 Å². The van der Waals surface area contributed by atoms with Crippen LogP contribution in [0.15, 0.2) is 61.1 Å². The molecule has 0 aliphatic rings. The zero-order chi connectivity index (χ0) is 17.2. The van der Waals surface area contributed by atoms with Crippen molar-refractivity contribution in [2.75, 3.05) is 7.11 Å². The van der Waals surface area contributed by atoms with E-state index in [9.17, 15) is 0 Å². The number of aryl methyl sites for hydroxylation is 1. The van der Waals surface area contributed by atoms with Crippen LogP contribution in [0.1, 0.15) is 11.5 Å². The molecule has 0 fully saturated rings. The number of hydrogen-bond donors (Lipinski definition) is 0. The third-order valence-electron chi connectivity index (χ3n) is 4.34. The number of halogens is 1. The van der Waals surface area contributed by atoms with Crippen molar-refractivity contribution < 1.29 is 4.74 Å². The molecule has 0 amide bonds. The van der Waals surface area contributed by atoms with Crippen molar-refractivity contribution in [3.05, 3.63) is 72.6 Å². The average molecular weight is 367 g/mol. The number of imidazole rings is 1. The second-order valence-electron chi connectivity index (χ2n) is 5.93. The largest absolute Gasteiger partial charge is 0.497 e. The molecule has 2 aromatic heterocycles. The molecule has 132 valence electrons. The number of benzene rings is 2. The predicted octanol–water partition coefficient (Wildman–Crippen LogP) is 4.28. The molecule has 4 rings (SSSR count). The Morgan fingerprint density at radius 2 is 1.96 bits per heavy atom. The monoisotopic (exact) mass is 366 g/mol. The van der Waals surface area contributed by atoms with Crippen molar-refractivity contribution in [2.24, 2.45) is 0 Å². The fraction of sp³-hybridized carbons (Fsp3) is 0.150. The number of ether oxygens (including phenoxy) is 1. The zero-order valence-electron chi connectivity index (χ0n) is 14.6. The Morgan fingerprint density at radius 1 is 1.12 bits per heavy atom. The lowest BCUT2D eigenvalue weighted by Gasteiger charge is -2.11.